The van der Waals surface area contributed by atoms with E-state index in [-0.39, 0.29) is 5.91 Å². The van der Waals surface area contributed by atoms with E-state index in [1.165, 1.54) is 11.1 Å². The number of aromatic nitrogens is 2. The number of nitrogens with zero attached hydrogens (tertiary/aromatic N) is 3. The summed E-state index contributed by atoms with van der Waals surface area (Å²) in [5.41, 5.74) is 4.18. The predicted molar refractivity (Wildman–Crippen MR) is 128 cm³/mol. The van der Waals surface area contributed by atoms with Crippen LogP contribution >= 0.6 is 0 Å². The van der Waals surface area contributed by atoms with Crippen LogP contribution in [0.2, 0.25) is 0 Å². The molecule has 1 amide bonds. The highest BCUT2D eigenvalue weighted by Crippen LogP contribution is 2.10. The Bertz CT molecular complexity index is 996. The highest BCUT2D eigenvalue weighted by Gasteiger charge is 2.06. The quantitative estimate of drug-likeness (QED) is 0.261. The maximum atomic E-state index is 12.1. The molecule has 2 aromatic carbocycles. The van der Waals surface area contributed by atoms with Gasteiger partial charge >= 0.3 is 0 Å². The minimum Gasteiger partial charge on any atom is -0.352 e. The standard InChI is InChI=1S/C25H32N6O/c1-3-4-14-27-24(32)21-12-10-20(11-13-21)17-28-25(26-2)29-18-22-8-5-6-9-23(22)19-31-16-7-15-30-31/h5-13,15-16H,3-4,14,17-19H2,1-2H3,(H,27,32)(H2,26,28,29). The average molecular weight is 433 g/mol. The summed E-state index contributed by atoms with van der Waals surface area (Å²) in [5.74, 6) is 0.699. The van der Waals surface area contributed by atoms with E-state index in [1.807, 2.05) is 53.3 Å². The molecule has 0 saturated carbocycles. The number of benzene rings is 2. The van der Waals surface area contributed by atoms with E-state index in [2.05, 4.69) is 45.1 Å². The molecule has 0 spiro atoms. The van der Waals surface area contributed by atoms with Gasteiger partial charge in [0.25, 0.3) is 5.91 Å². The number of unbranched alkanes of at least 4 members (excludes halogenated alkanes) is 1. The van der Waals surface area contributed by atoms with E-state index in [4.69, 9.17) is 0 Å². The van der Waals surface area contributed by atoms with E-state index in [0.717, 1.165) is 30.9 Å². The Balaban J connectivity index is 1.50. The molecule has 0 aliphatic heterocycles. The van der Waals surface area contributed by atoms with Gasteiger partial charge in [0.15, 0.2) is 5.96 Å². The molecule has 7 heteroatoms. The fourth-order valence-corrected chi connectivity index (χ4v) is 3.29. The Kier molecular flexibility index (Phi) is 8.86. The number of carbonyl (C=O) groups is 1. The number of aliphatic imine (C=N–C) groups is 1. The van der Waals surface area contributed by atoms with Crippen molar-refractivity contribution >= 4 is 11.9 Å². The van der Waals surface area contributed by atoms with E-state index in [0.29, 0.717) is 25.2 Å². The van der Waals surface area contributed by atoms with Crippen LogP contribution in [0.3, 0.4) is 0 Å². The van der Waals surface area contributed by atoms with Crippen LogP contribution in [0.1, 0.15) is 46.8 Å². The molecule has 0 bridgehead atoms. The Labute approximate surface area is 190 Å². The molecule has 0 unspecified atom stereocenters. The molecule has 0 saturated heterocycles. The summed E-state index contributed by atoms with van der Waals surface area (Å²) in [4.78, 5) is 16.5. The zero-order valence-corrected chi connectivity index (χ0v) is 18.8. The van der Waals surface area contributed by atoms with Crippen molar-refractivity contribution in [2.45, 2.75) is 39.4 Å². The number of amides is 1. The summed E-state index contributed by atoms with van der Waals surface area (Å²) in [6.07, 6.45) is 5.81. The van der Waals surface area contributed by atoms with Crippen molar-refractivity contribution in [3.05, 3.63) is 89.2 Å². The lowest BCUT2D eigenvalue weighted by Gasteiger charge is -2.15. The van der Waals surface area contributed by atoms with Gasteiger partial charge in [0, 0.05) is 44.6 Å². The van der Waals surface area contributed by atoms with Gasteiger partial charge in [-0.15, -0.1) is 0 Å². The van der Waals surface area contributed by atoms with Crippen molar-refractivity contribution in [2.24, 2.45) is 4.99 Å². The van der Waals surface area contributed by atoms with Crippen molar-refractivity contribution in [1.82, 2.24) is 25.7 Å². The van der Waals surface area contributed by atoms with Crippen LogP contribution in [-0.4, -0.2) is 35.2 Å². The van der Waals surface area contributed by atoms with Gasteiger partial charge < -0.3 is 16.0 Å². The Hall–Kier alpha value is -3.61. The third kappa shape index (κ3) is 6.97. The molecule has 168 valence electrons. The molecule has 1 heterocycles. The molecule has 0 radical (unpaired) electrons. The summed E-state index contributed by atoms with van der Waals surface area (Å²) in [6.45, 7) is 4.83. The minimum absolute atomic E-state index is 0.0239. The maximum Gasteiger partial charge on any atom is 0.251 e. The lowest BCUT2D eigenvalue weighted by Crippen LogP contribution is -2.36. The van der Waals surface area contributed by atoms with Gasteiger partial charge in [0.05, 0.1) is 6.54 Å². The predicted octanol–water partition coefficient (Wildman–Crippen LogP) is 3.33. The van der Waals surface area contributed by atoms with E-state index in [1.54, 1.807) is 13.2 Å². The van der Waals surface area contributed by atoms with Crippen molar-refractivity contribution in [1.29, 1.82) is 0 Å². The average Bonchev–Trinajstić information content (AvgIpc) is 3.34. The van der Waals surface area contributed by atoms with E-state index >= 15 is 0 Å². The molecule has 0 atom stereocenters. The maximum absolute atomic E-state index is 12.1. The van der Waals surface area contributed by atoms with Gasteiger partial charge in [-0.3, -0.25) is 14.5 Å². The van der Waals surface area contributed by atoms with Crippen LogP contribution in [0, 0.1) is 0 Å². The zero-order chi connectivity index (χ0) is 22.6. The molecule has 1 aromatic heterocycles. The van der Waals surface area contributed by atoms with Gasteiger partial charge in [-0.2, -0.15) is 5.10 Å². The number of hydrogen-bond acceptors (Lipinski definition) is 3. The highest BCUT2D eigenvalue weighted by atomic mass is 16.1. The Morgan fingerprint density at radius 2 is 1.72 bits per heavy atom. The van der Waals surface area contributed by atoms with Crippen molar-refractivity contribution in [2.75, 3.05) is 13.6 Å². The van der Waals surface area contributed by atoms with Crippen LogP contribution in [0.4, 0.5) is 0 Å². The summed E-state index contributed by atoms with van der Waals surface area (Å²) in [6, 6.07) is 17.9. The number of hydrogen-bond donors (Lipinski definition) is 3. The summed E-state index contributed by atoms with van der Waals surface area (Å²) < 4.78 is 1.92. The number of guanidine groups is 1. The summed E-state index contributed by atoms with van der Waals surface area (Å²) in [7, 11) is 1.76. The molecule has 0 aliphatic rings. The van der Waals surface area contributed by atoms with Crippen LogP contribution < -0.4 is 16.0 Å². The smallest absolute Gasteiger partial charge is 0.251 e. The first-order chi connectivity index (χ1) is 15.7. The second-order valence-electron chi connectivity index (χ2n) is 7.56. The molecule has 7 nitrogen and oxygen atoms in total. The van der Waals surface area contributed by atoms with Crippen LogP contribution in [0.15, 0.2) is 72.0 Å². The van der Waals surface area contributed by atoms with Crippen molar-refractivity contribution < 1.29 is 4.79 Å². The molecule has 32 heavy (non-hydrogen) atoms. The van der Waals surface area contributed by atoms with E-state index in [9.17, 15) is 4.79 Å². The highest BCUT2D eigenvalue weighted by molar-refractivity contribution is 5.94. The van der Waals surface area contributed by atoms with Crippen LogP contribution in [0.5, 0.6) is 0 Å². The Morgan fingerprint density at radius 1 is 0.969 bits per heavy atom. The number of rotatable bonds is 10. The lowest BCUT2D eigenvalue weighted by atomic mass is 10.1. The van der Waals surface area contributed by atoms with Gasteiger partial charge in [-0.25, -0.2) is 0 Å². The monoisotopic (exact) mass is 432 g/mol. The topological polar surface area (TPSA) is 83.3 Å². The van der Waals surface area contributed by atoms with E-state index < -0.39 is 0 Å². The number of carbonyl (C=O) groups excluding carboxylic acids is 1. The normalized spacial score (nSPS) is 11.2. The molecule has 0 aliphatic carbocycles. The fraction of sp³-hybridized carbons (Fsp3) is 0.320. The van der Waals surface area contributed by atoms with Crippen molar-refractivity contribution in [3.8, 4) is 0 Å². The first kappa shape index (κ1) is 23.1. The molecule has 3 N–H and O–H groups in total. The fourth-order valence-electron chi connectivity index (χ4n) is 3.29. The summed E-state index contributed by atoms with van der Waals surface area (Å²) in [5, 5.41) is 13.9. The lowest BCUT2D eigenvalue weighted by molar-refractivity contribution is 0.0953. The SMILES string of the molecule is CCCCNC(=O)c1ccc(CNC(=NC)NCc2ccccc2Cn2cccn2)cc1. The van der Waals surface area contributed by atoms with Crippen LogP contribution in [-0.2, 0) is 19.6 Å². The van der Waals surface area contributed by atoms with Gasteiger partial charge in [0.1, 0.15) is 0 Å². The molecular formula is C25H32N6O. The second-order valence-corrected chi connectivity index (χ2v) is 7.56. The minimum atomic E-state index is -0.0239. The second kappa shape index (κ2) is 12.3. The van der Waals surface area contributed by atoms with Gasteiger partial charge in [-0.05, 0) is 41.3 Å². The molecule has 0 fully saturated rings. The van der Waals surface area contributed by atoms with Gasteiger partial charge in [0.2, 0.25) is 0 Å². The summed E-state index contributed by atoms with van der Waals surface area (Å²) >= 11 is 0. The third-order valence-corrected chi connectivity index (χ3v) is 5.17. The third-order valence-electron chi connectivity index (χ3n) is 5.17. The molecule has 3 aromatic rings. The van der Waals surface area contributed by atoms with Gasteiger partial charge in [-0.1, -0.05) is 49.7 Å². The first-order valence-electron chi connectivity index (χ1n) is 11.1. The van der Waals surface area contributed by atoms with Crippen molar-refractivity contribution in [3.63, 3.8) is 0 Å². The largest absolute Gasteiger partial charge is 0.352 e. The zero-order valence-electron chi connectivity index (χ0n) is 18.8. The van der Waals surface area contributed by atoms with Crippen LogP contribution in [0.25, 0.3) is 0 Å². The number of nitrogens with one attached hydrogen (secondary N) is 3. The molecule has 3 rings (SSSR count). The molecular weight excluding hydrogens is 400 g/mol. The Morgan fingerprint density at radius 3 is 2.41 bits per heavy atom. The first-order valence-corrected chi connectivity index (χ1v) is 11.1.